The van der Waals surface area contributed by atoms with Crippen LogP contribution >= 0.6 is 0 Å². The number of fused-ring (bicyclic) bond motifs is 3. The molecule has 0 bridgehead atoms. The molecule has 0 amide bonds. The van der Waals surface area contributed by atoms with Gasteiger partial charge in [0.1, 0.15) is 5.75 Å². The number of benzene rings is 1. The van der Waals surface area contributed by atoms with E-state index in [1.54, 1.807) is 7.11 Å². The van der Waals surface area contributed by atoms with Crippen LogP contribution in [0.1, 0.15) is 11.1 Å². The molecule has 3 rings (SSSR count). The quantitative estimate of drug-likeness (QED) is 0.691. The van der Waals surface area contributed by atoms with Crippen LogP contribution < -0.4 is 4.74 Å². The molecule has 3 nitrogen and oxygen atoms in total. The van der Waals surface area contributed by atoms with Crippen molar-refractivity contribution in [2.45, 2.75) is 13.8 Å². The first-order valence-electron chi connectivity index (χ1n) is 5.63. The van der Waals surface area contributed by atoms with E-state index in [9.17, 15) is 0 Å². The molecule has 3 heteroatoms. The van der Waals surface area contributed by atoms with Crippen LogP contribution in [0.3, 0.4) is 0 Å². The molecule has 1 N–H and O–H groups in total. The van der Waals surface area contributed by atoms with E-state index >= 15 is 0 Å². The van der Waals surface area contributed by atoms with Gasteiger partial charge in [0.05, 0.1) is 18.1 Å². The Labute approximate surface area is 99.4 Å². The second-order valence-electron chi connectivity index (χ2n) is 4.30. The highest BCUT2D eigenvalue weighted by Crippen LogP contribution is 2.34. The van der Waals surface area contributed by atoms with E-state index in [1.165, 1.54) is 0 Å². The highest BCUT2D eigenvalue weighted by atomic mass is 16.5. The number of rotatable bonds is 1. The molecule has 0 saturated carbocycles. The number of nitrogens with zero attached hydrogens (tertiary/aromatic N) is 1. The summed E-state index contributed by atoms with van der Waals surface area (Å²) in [6, 6.07) is 6.10. The number of aryl methyl sites for hydroxylation is 2. The number of pyridine rings is 1. The molecular weight excluding hydrogens is 212 g/mol. The molecule has 86 valence electrons. The van der Waals surface area contributed by atoms with Gasteiger partial charge in [-0.25, -0.2) is 0 Å². The Hall–Kier alpha value is -2.03. The first kappa shape index (κ1) is 10.1. The summed E-state index contributed by atoms with van der Waals surface area (Å²) in [7, 11) is 1.71. The third-order valence-electron chi connectivity index (χ3n) is 3.22. The lowest BCUT2D eigenvalue weighted by Crippen LogP contribution is -1.91. The average molecular weight is 226 g/mol. The number of nitrogens with one attached hydrogen (secondary N) is 1. The summed E-state index contributed by atoms with van der Waals surface area (Å²) in [5, 5.41) is 1.16. The molecular formula is C14H14N2O. The summed E-state index contributed by atoms with van der Waals surface area (Å²) < 4.78 is 5.46. The fourth-order valence-corrected chi connectivity index (χ4v) is 2.53. The number of H-pyrrole nitrogens is 1. The summed E-state index contributed by atoms with van der Waals surface area (Å²) in [5.74, 6) is 0.948. The summed E-state index contributed by atoms with van der Waals surface area (Å²) in [5.41, 5.74) is 5.49. The van der Waals surface area contributed by atoms with Crippen molar-refractivity contribution in [3.63, 3.8) is 0 Å². The van der Waals surface area contributed by atoms with Crippen molar-refractivity contribution in [2.24, 2.45) is 0 Å². The molecule has 0 unspecified atom stereocenters. The summed E-state index contributed by atoms with van der Waals surface area (Å²) >= 11 is 0. The Kier molecular flexibility index (Phi) is 2.08. The Balaban J connectivity index is 2.55. The zero-order valence-electron chi connectivity index (χ0n) is 10.2. The zero-order valence-corrected chi connectivity index (χ0v) is 10.2. The van der Waals surface area contributed by atoms with E-state index in [0.717, 1.165) is 38.8 Å². The van der Waals surface area contributed by atoms with Crippen molar-refractivity contribution in [1.82, 2.24) is 9.97 Å². The summed E-state index contributed by atoms with van der Waals surface area (Å²) in [6.45, 7) is 4.14. The molecule has 0 spiro atoms. The minimum absolute atomic E-state index is 0.948. The van der Waals surface area contributed by atoms with Crippen LogP contribution in [-0.4, -0.2) is 17.1 Å². The van der Waals surface area contributed by atoms with Crippen LogP contribution in [0.5, 0.6) is 5.75 Å². The second kappa shape index (κ2) is 3.48. The van der Waals surface area contributed by atoms with Gasteiger partial charge in [-0.1, -0.05) is 0 Å². The average Bonchev–Trinajstić information content (AvgIpc) is 2.67. The normalized spacial score (nSPS) is 11.2. The van der Waals surface area contributed by atoms with Crippen molar-refractivity contribution in [1.29, 1.82) is 0 Å². The third-order valence-corrected chi connectivity index (χ3v) is 3.22. The maximum absolute atomic E-state index is 5.46. The molecule has 3 aromatic rings. The number of hydrogen-bond donors (Lipinski definition) is 1. The van der Waals surface area contributed by atoms with Crippen molar-refractivity contribution in [3.8, 4) is 5.75 Å². The number of hydrogen-bond acceptors (Lipinski definition) is 2. The smallest absolute Gasteiger partial charge is 0.125 e. The van der Waals surface area contributed by atoms with Gasteiger partial charge >= 0.3 is 0 Å². The number of aromatic nitrogens is 2. The van der Waals surface area contributed by atoms with Gasteiger partial charge in [-0.05, 0) is 37.6 Å². The van der Waals surface area contributed by atoms with Crippen LogP contribution in [0.2, 0.25) is 0 Å². The van der Waals surface area contributed by atoms with Gasteiger partial charge in [0, 0.05) is 22.7 Å². The Morgan fingerprint density at radius 3 is 2.82 bits per heavy atom. The molecule has 0 aliphatic carbocycles. The Morgan fingerprint density at radius 1 is 1.24 bits per heavy atom. The Bertz CT molecular complexity index is 713. The lowest BCUT2D eigenvalue weighted by atomic mass is 10.1. The number of ether oxygens (including phenoxy) is 1. The first-order valence-corrected chi connectivity index (χ1v) is 5.63. The van der Waals surface area contributed by atoms with E-state index in [0.29, 0.717) is 0 Å². The fraction of sp³-hybridized carbons (Fsp3) is 0.214. The standard InChI is InChI=1S/C14H14N2O/c1-8-7-11-12(9(2)14(8)17-3)13-10(16-11)5-4-6-15-13/h4-7,16H,1-3H3. The van der Waals surface area contributed by atoms with Crippen LogP contribution in [0.25, 0.3) is 21.9 Å². The molecule has 0 radical (unpaired) electrons. The van der Waals surface area contributed by atoms with E-state index < -0.39 is 0 Å². The van der Waals surface area contributed by atoms with Gasteiger partial charge in [0.15, 0.2) is 0 Å². The second-order valence-corrected chi connectivity index (χ2v) is 4.30. The van der Waals surface area contributed by atoms with E-state index in [-0.39, 0.29) is 0 Å². The molecule has 1 aromatic carbocycles. The molecule has 0 fully saturated rings. The molecule has 2 heterocycles. The SMILES string of the molecule is COc1c(C)cc2[nH]c3cccnc3c2c1C. The van der Waals surface area contributed by atoms with Crippen molar-refractivity contribution < 1.29 is 4.74 Å². The van der Waals surface area contributed by atoms with Gasteiger partial charge < -0.3 is 9.72 Å². The van der Waals surface area contributed by atoms with Gasteiger partial charge in [0.25, 0.3) is 0 Å². The van der Waals surface area contributed by atoms with Crippen LogP contribution in [0, 0.1) is 13.8 Å². The van der Waals surface area contributed by atoms with Crippen molar-refractivity contribution in [3.05, 3.63) is 35.5 Å². The monoisotopic (exact) mass is 226 g/mol. The summed E-state index contributed by atoms with van der Waals surface area (Å²) in [4.78, 5) is 7.84. The lowest BCUT2D eigenvalue weighted by Gasteiger charge is -2.09. The first-order chi connectivity index (χ1) is 8.22. The molecule has 0 aliphatic rings. The number of aromatic amines is 1. The molecule has 17 heavy (non-hydrogen) atoms. The van der Waals surface area contributed by atoms with Gasteiger partial charge in [0.2, 0.25) is 0 Å². The van der Waals surface area contributed by atoms with Crippen LogP contribution in [0.15, 0.2) is 24.4 Å². The van der Waals surface area contributed by atoms with Gasteiger partial charge in [-0.15, -0.1) is 0 Å². The van der Waals surface area contributed by atoms with Crippen molar-refractivity contribution in [2.75, 3.05) is 7.11 Å². The van der Waals surface area contributed by atoms with Crippen LogP contribution in [-0.2, 0) is 0 Å². The largest absolute Gasteiger partial charge is 0.496 e. The van der Waals surface area contributed by atoms with E-state index in [2.05, 4.69) is 29.9 Å². The molecule has 0 atom stereocenters. The Morgan fingerprint density at radius 2 is 2.06 bits per heavy atom. The fourth-order valence-electron chi connectivity index (χ4n) is 2.53. The lowest BCUT2D eigenvalue weighted by molar-refractivity contribution is 0.409. The molecule has 0 saturated heterocycles. The van der Waals surface area contributed by atoms with E-state index in [1.807, 2.05) is 18.3 Å². The highest BCUT2D eigenvalue weighted by Gasteiger charge is 2.13. The minimum atomic E-state index is 0.948. The topological polar surface area (TPSA) is 37.9 Å². The minimum Gasteiger partial charge on any atom is -0.496 e. The van der Waals surface area contributed by atoms with Crippen LogP contribution in [0.4, 0.5) is 0 Å². The highest BCUT2D eigenvalue weighted by molar-refractivity contribution is 6.07. The molecule has 2 aromatic heterocycles. The third kappa shape index (κ3) is 1.32. The van der Waals surface area contributed by atoms with E-state index in [4.69, 9.17) is 4.74 Å². The zero-order chi connectivity index (χ0) is 12.0. The predicted octanol–water partition coefficient (Wildman–Crippen LogP) is 3.34. The van der Waals surface area contributed by atoms with Gasteiger partial charge in [-0.2, -0.15) is 0 Å². The maximum atomic E-state index is 5.46. The maximum Gasteiger partial charge on any atom is 0.125 e. The summed E-state index contributed by atoms with van der Waals surface area (Å²) in [6.07, 6.45) is 1.82. The van der Waals surface area contributed by atoms with Gasteiger partial charge in [-0.3, -0.25) is 4.98 Å². The number of methoxy groups -OCH3 is 1. The van der Waals surface area contributed by atoms with Crippen molar-refractivity contribution >= 4 is 21.9 Å². The predicted molar refractivity (Wildman–Crippen MR) is 69.6 cm³/mol. The molecule has 0 aliphatic heterocycles.